The minimum absolute atomic E-state index is 0. The van der Waals surface area contributed by atoms with Gasteiger partial charge in [0.25, 0.3) is 0 Å². The first-order chi connectivity index (χ1) is 11.2. The molecule has 0 spiro atoms. The molecule has 2 aliphatic rings. The molecule has 0 aromatic heterocycles. The van der Waals surface area contributed by atoms with E-state index in [0.29, 0.717) is 0 Å². The van der Waals surface area contributed by atoms with Crippen LogP contribution in [0.3, 0.4) is 0 Å². The lowest BCUT2D eigenvalue weighted by Crippen LogP contribution is -2.44. The fourth-order valence-corrected chi connectivity index (χ4v) is 2.68. The van der Waals surface area contributed by atoms with Crippen LogP contribution in [-0.2, 0) is 28.4 Å². The lowest BCUT2D eigenvalue weighted by atomic mass is 10.1. The maximum absolute atomic E-state index is 9.69. The zero-order valence-corrected chi connectivity index (χ0v) is 16.5. The van der Waals surface area contributed by atoms with E-state index < -0.39 is 36.4 Å². The summed E-state index contributed by atoms with van der Waals surface area (Å²) in [6, 6.07) is 0. The summed E-state index contributed by atoms with van der Waals surface area (Å²) >= 11 is 0. The van der Waals surface area contributed by atoms with Gasteiger partial charge in [-0.25, -0.2) is 0 Å². The van der Waals surface area contributed by atoms with E-state index in [4.69, 9.17) is 38.6 Å². The highest BCUT2D eigenvalue weighted by atomic mass is 31.0. The molecule has 2 rings (SSSR count). The molecule has 0 aromatic carbocycles. The van der Waals surface area contributed by atoms with Crippen molar-refractivity contribution >= 4 is 9.90 Å². The van der Waals surface area contributed by atoms with Gasteiger partial charge < -0.3 is 48.8 Å². The zero-order valence-electron chi connectivity index (χ0n) is 15.1. The Bertz CT molecular complexity index is 342. The second-order valence-corrected chi connectivity index (χ2v) is 5.62. The van der Waals surface area contributed by atoms with Crippen LogP contribution in [0.15, 0.2) is 0 Å². The van der Waals surface area contributed by atoms with Crippen LogP contribution in [0.2, 0.25) is 0 Å². The van der Waals surface area contributed by atoms with Crippen molar-refractivity contribution in [2.75, 3.05) is 41.7 Å². The maximum atomic E-state index is 9.69. The van der Waals surface area contributed by atoms with E-state index in [0.717, 1.165) is 0 Å². The highest BCUT2D eigenvalue weighted by molar-refractivity contribution is 6.92. The van der Waals surface area contributed by atoms with E-state index in [9.17, 15) is 10.2 Å². The number of ether oxygens (including phenoxy) is 6. The number of aliphatic hydroxyl groups is 4. The van der Waals surface area contributed by atoms with Gasteiger partial charge in [-0.3, -0.25) is 0 Å². The molecular formula is C14H31O10P. The molecule has 25 heavy (non-hydrogen) atoms. The molecule has 0 amide bonds. The minimum Gasteiger partial charge on any atom is -0.379 e. The van der Waals surface area contributed by atoms with Gasteiger partial charge in [0.1, 0.15) is 25.4 Å². The van der Waals surface area contributed by atoms with Crippen molar-refractivity contribution in [2.45, 2.75) is 49.2 Å². The molecule has 0 aliphatic carbocycles. The summed E-state index contributed by atoms with van der Waals surface area (Å²) in [6.07, 6.45) is -2.50. The quantitative estimate of drug-likeness (QED) is 0.385. The average molecular weight is 390 g/mol. The van der Waals surface area contributed by atoms with Crippen molar-refractivity contribution in [1.29, 1.82) is 0 Å². The number of hydrogen-bond donors (Lipinski definition) is 4. The van der Waals surface area contributed by atoms with Crippen molar-refractivity contribution < 1.29 is 48.8 Å². The third kappa shape index (κ3) is 6.60. The van der Waals surface area contributed by atoms with Crippen LogP contribution in [0.4, 0.5) is 0 Å². The monoisotopic (exact) mass is 390 g/mol. The summed E-state index contributed by atoms with van der Waals surface area (Å²) in [5.74, 6) is -3.02. The molecule has 2 heterocycles. The number of hydrogen-bond acceptors (Lipinski definition) is 10. The Morgan fingerprint density at radius 3 is 1.36 bits per heavy atom. The molecule has 0 bridgehead atoms. The van der Waals surface area contributed by atoms with Crippen LogP contribution in [0.1, 0.15) is 12.8 Å². The number of rotatable bonds is 6. The van der Waals surface area contributed by atoms with E-state index >= 15 is 0 Å². The van der Waals surface area contributed by atoms with Crippen molar-refractivity contribution in [3.63, 3.8) is 0 Å². The van der Waals surface area contributed by atoms with Gasteiger partial charge in [-0.15, -0.1) is 0 Å². The fraction of sp³-hybridized carbons (Fsp3) is 1.00. The van der Waals surface area contributed by atoms with Crippen LogP contribution in [-0.4, -0.2) is 98.4 Å². The van der Waals surface area contributed by atoms with Crippen LogP contribution in [0.5, 0.6) is 0 Å². The summed E-state index contributed by atoms with van der Waals surface area (Å²) in [6.45, 7) is -0.0227. The topological polar surface area (TPSA) is 136 Å². The largest absolute Gasteiger partial charge is 0.379 e. The van der Waals surface area contributed by atoms with E-state index in [1.54, 1.807) is 0 Å². The van der Waals surface area contributed by atoms with Crippen molar-refractivity contribution in [3.05, 3.63) is 0 Å². The summed E-state index contributed by atoms with van der Waals surface area (Å²) in [5.41, 5.74) is 0. The van der Waals surface area contributed by atoms with Crippen molar-refractivity contribution in [2.24, 2.45) is 0 Å². The highest BCUT2D eigenvalue weighted by Crippen LogP contribution is 2.30. The van der Waals surface area contributed by atoms with Gasteiger partial charge in [0.05, 0.1) is 0 Å². The zero-order chi connectivity index (χ0) is 18.4. The van der Waals surface area contributed by atoms with Crippen LogP contribution in [0, 0.1) is 0 Å². The smallest absolute Gasteiger partial charge is 0.219 e. The van der Waals surface area contributed by atoms with Gasteiger partial charge in [0, 0.05) is 41.3 Å². The third-order valence-electron chi connectivity index (χ3n) is 3.79. The lowest BCUT2D eigenvalue weighted by molar-refractivity contribution is -0.277. The molecular weight excluding hydrogens is 359 g/mol. The fourth-order valence-electron chi connectivity index (χ4n) is 2.68. The first kappa shape index (κ1) is 25.0. The summed E-state index contributed by atoms with van der Waals surface area (Å²) < 4.78 is 29.1. The molecule has 152 valence electrons. The molecule has 0 saturated carbocycles. The van der Waals surface area contributed by atoms with Gasteiger partial charge in [-0.2, -0.15) is 9.90 Å². The molecule has 4 N–H and O–H groups in total. The van der Waals surface area contributed by atoms with Gasteiger partial charge in [0.2, 0.25) is 11.6 Å². The minimum atomic E-state index is -1.51. The van der Waals surface area contributed by atoms with Crippen LogP contribution < -0.4 is 0 Å². The van der Waals surface area contributed by atoms with E-state index in [-0.39, 0.29) is 36.0 Å². The summed E-state index contributed by atoms with van der Waals surface area (Å²) in [7, 11) is 5.79. The Morgan fingerprint density at radius 1 is 0.800 bits per heavy atom. The third-order valence-corrected chi connectivity index (χ3v) is 3.79. The van der Waals surface area contributed by atoms with E-state index in [1.807, 2.05) is 0 Å². The molecule has 2 fully saturated rings. The standard InChI is InChI=1S/2C7H14O5.H3P/c2*1-10-4-7(9)5(11-2)3-6(8)12-7;/h2*5-6,8-9H,3-4H2,1-2H3;1H3/t2*5?,6?,7-;/m11./s1. The summed E-state index contributed by atoms with van der Waals surface area (Å²) in [5, 5.41) is 37.5. The Hall–Kier alpha value is 0.0300. The Balaban J connectivity index is 0.000000443. The van der Waals surface area contributed by atoms with Gasteiger partial charge in [-0.1, -0.05) is 0 Å². The molecule has 2 aliphatic heterocycles. The SMILES string of the molecule is COC[C@@]1(O)OC(O)CC1OC.COC[C@@]1(O)OC(O)CC1OC.P. The first-order valence-electron chi connectivity index (χ1n) is 7.44. The molecule has 7 atom stereocenters. The highest BCUT2D eigenvalue weighted by Gasteiger charge is 2.48. The number of aliphatic hydroxyl groups excluding tert-OH is 2. The van der Waals surface area contributed by atoms with Crippen molar-refractivity contribution in [1.82, 2.24) is 0 Å². The molecule has 11 heteroatoms. The predicted molar refractivity (Wildman–Crippen MR) is 89.8 cm³/mol. The normalized spacial score (nSPS) is 40.3. The Kier molecular flexibility index (Phi) is 11.0. The van der Waals surface area contributed by atoms with Gasteiger partial charge in [0.15, 0.2) is 12.6 Å². The second-order valence-electron chi connectivity index (χ2n) is 5.62. The van der Waals surface area contributed by atoms with Gasteiger partial charge >= 0.3 is 0 Å². The molecule has 2 saturated heterocycles. The predicted octanol–water partition coefficient (Wildman–Crippen LogP) is -1.79. The molecule has 5 unspecified atom stereocenters. The van der Waals surface area contributed by atoms with Crippen LogP contribution in [0.25, 0.3) is 0 Å². The Labute approximate surface area is 150 Å². The van der Waals surface area contributed by atoms with Crippen LogP contribution >= 0.6 is 9.90 Å². The maximum Gasteiger partial charge on any atom is 0.219 e. The van der Waals surface area contributed by atoms with Crippen molar-refractivity contribution in [3.8, 4) is 0 Å². The number of methoxy groups -OCH3 is 4. The lowest BCUT2D eigenvalue weighted by Gasteiger charge is -2.26. The second kappa shape index (κ2) is 11.0. The van der Waals surface area contributed by atoms with E-state index in [2.05, 4.69) is 0 Å². The molecule has 0 radical (unpaired) electrons. The first-order valence-corrected chi connectivity index (χ1v) is 7.44. The average Bonchev–Trinajstić information content (AvgIpc) is 2.95. The van der Waals surface area contributed by atoms with E-state index in [1.165, 1.54) is 28.4 Å². The summed E-state index contributed by atoms with van der Waals surface area (Å²) in [4.78, 5) is 0. The Morgan fingerprint density at radius 2 is 1.12 bits per heavy atom. The van der Waals surface area contributed by atoms with Gasteiger partial charge in [-0.05, 0) is 0 Å². The molecule has 10 nitrogen and oxygen atoms in total. The molecule has 0 aromatic rings.